The predicted octanol–water partition coefficient (Wildman–Crippen LogP) is 16.1. The largest absolute Gasteiger partial charge is 0.390 e. The van der Waals surface area contributed by atoms with Gasteiger partial charge in [-0.2, -0.15) is 0 Å². The van der Waals surface area contributed by atoms with E-state index in [9.17, 15) is 5.11 Å². The van der Waals surface area contributed by atoms with Gasteiger partial charge in [0, 0.05) is 153 Å². The van der Waals surface area contributed by atoms with Crippen LogP contribution in [0.2, 0.25) is 0 Å². The molecule has 117 heavy (non-hydrogen) atoms. The van der Waals surface area contributed by atoms with E-state index in [-0.39, 0.29) is 28.9 Å². The molecule has 23 nitrogen and oxygen atoms in total. The van der Waals surface area contributed by atoms with Crippen LogP contribution in [0.15, 0.2) is 174 Å². The fourth-order valence-electron chi connectivity index (χ4n) is 17.0. The third-order valence-electron chi connectivity index (χ3n) is 23.3. The Morgan fingerprint density at radius 3 is 1.23 bits per heavy atom. The molecule has 626 valence electrons. The highest BCUT2D eigenvalue weighted by Crippen LogP contribution is 2.38. The number of aromatic nitrogens is 12. The highest BCUT2D eigenvalue weighted by molar-refractivity contribution is 9.10. The van der Waals surface area contributed by atoms with Crippen LogP contribution in [0, 0.1) is 27.7 Å². The first-order chi connectivity index (χ1) is 55.6. The van der Waals surface area contributed by atoms with Gasteiger partial charge in [0.15, 0.2) is 0 Å². The molecule has 12 aromatic rings. The number of piperazine rings is 3. The standard InChI is InChI=1S/C24H32N6O.C23H30N6.C18H19BrN4.C10H14N2.C8H6Br2N2.C5H12N2.3CH4/c1-18-6-4-10-25-24(18)20-7-5-11-29(20)16-19-21(17-31)30-22(26-19)8-3-9-23(30)28-14-12-27(2)13-15-28;1-18-6-4-10-24-23(18)20-7-5-11-28(20)16-19-17-29-21(25-19)8-3-9-22(29)27-14-12-26(2)13-15-27;1-13-5-3-9-20-18(13)15-6-4-10-22(15)11-14-12-23-16(19)7-2-8-17(23)21-14;1-8-4-2-7-12-10(8)9-5-3-6-11-9;9-4-6-5-12-7(10)2-1-3-8(12)11-6;1-7-4-2-6-3-5-7;;;/h3-4,6,8-10,20,31H,5,7,11-17H2,1-2H3;3-4,6,8-10,17,20H,5,7,11-16H2,1-2H3;2-3,5,7-9,12,15H,4,6,10-11H2,1H3;2,4,7,9,11H,3,5-6H2,1H3;1-3,5H,4H2;6H,2-5H2,1H3;3*1H4/t2*20-;15-;9-;;;;;/m0000...../s1. The Bertz CT molecular complexity index is 5070. The molecule has 19 rings (SSSR count). The molecule has 7 fully saturated rings. The number of rotatable bonds is 14. The highest BCUT2D eigenvalue weighted by Gasteiger charge is 2.33. The number of hydrogen-bond acceptors (Lipinski definition) is 19. The second kappa shape index (κ2) is 43.3. The minimum atomic E-state index is -0.0115. The van der Waals surface area contributed by atoms with E-state index < -0.39 is 0 Å². The Balaban J connectivity index is 0.000000145. The molecule has 0 aromatic carbocycles. The van der Waals surface area contributed by atoms with Crippen molar-refractivity contribution in [1.29, 1.82) is 0 Å². The third kappa shape index (κ3) is 22.4. The number of alkyl halides is 1. The van der Waals surface area contributed by atoms with Gasteiger partial charge >= 0.3 is 0 Å². The van der Waals surface area contributed by atoms with Crippen LogP contribution in [0.1, 0.15) is 171 Å². The van der Waals surface area contributed by atoms with Crippen LogP contribution < -0.4 is 20.4 Å². The lowest BCUT2D eigenvalue weighted by Crippen LogP contribution is -2.45. The smallest absolute Gasteiger partial charge is 0.138 e. The fourth-order valence-corrected chi connectivity index (χ4v) is 18.2. The van der Waals surface area contributed by atoms with Gasteiger partial charge in [-0.1, -0.05) is 86.7 Å². The van der Waals surface area contributed by atoms with E-state index in [0.29, 0.717) is 24.2 Å². The SMILES string of the molecule is BrCc1cn2c(Br)cccc2n1.C.C.C.CN1CCNCC1.Cc1cccnc1[C@@H]1CCCN1.Cc1cccnc1[C@@H]1CCCN1Cc1cn2c(Br)cccc2n1.Cc1cccnc1[C@@H]1CCCN1Cc1cn2c(N3CCN(C)CC3)cccc2n1.Cc1cccnc1[C@@H]1CCCN1Cc1nc2cccc(N3CCN(C)CC3)n2c1CO. The van der Waals surface area contributed by atoms with Crippen molar-refractivity contribution in [3.05, 3.63) is 247 Å². The second-order valence-electron chi connectivity index (χ2n) is 31.3. The maximum Gasteiger partial charge on any atom is 0.138 e. The predicted molar refractivity (Wildman–Crippen MR) is 488 cm³/mol. The fraction of sp³-hybridized carbons (Fsp3) is 0.473. The Morgan fingerprint density at radius 2 is 0.803 bits per heavy atom. The van der Waals surface area contributed by atoms with Crippen molar-refractivity contribution in [3.8, 4) is 0 Å². The van der Waals surface area contributed by atoms with E-state index in [2.05, 4.69) is 242 Å². The molecular weight excluding hydrogens is 1660 g/mol. The van der Waals surface area contributed by atoms with E-state index in [1.165, 1.54) is 102 Å². The van der Waals surface area contributed by atoms with Crippen molar-refractivity contribution in [3.63, 3.8) is 0 Å². The number of aliphatic hydroxyl groups excluding tert-OH is 1. The first-order valence-corrected chi connectivity index (χ1v) is 43.6. The number of aryl methyl sites for hydroxylation is 4. The number of hydrogen-bond donors (Lipinski definition) is 3. The minimum Gasteiger partial charge on any atom is -0.390 e. The number of pyridine rings is 8. The van der Waals surface area contributed by atoms with Crippen molar-refractivity contribution in [2.24, 2.45) is 0 Å². The molecule has 4 atom stereocenters. The van der Waals surface area contributed by atoms with Crippen LogP contribution in [-0.4, -0.2) is 218 Å². The summed E-state index contributed by atoms with van der Waals surface area (Å²) in [6, 6.07) is 43.1. The number of nitrogens with zero attached hydrogens (tertiary/aromatic N) is 20. The normalized spacial score (nSPS) is 19.4. The van der Waals surface area contributed by atoms with E-state index in [1.807, 2.05) is 102 Å². The van der Waals surface area contributed by atoms with Crippen LogP contribution in [0.4, 0.5) is 11.6 Å². The summed E-state index contributed by atoms with van der Waals surface area (Å²) >= 11 is 10.4. The van der Waals surface area contributed by atoms with Gasteiger partial charge in [-0.05, 0) is 253 Å². The lowest BCUT2D eigenvalue weighted by atomic mass is 10.1. The molecule has 0 amide bonds. The van der Waals surface area contributed by atoms with Crippen LogP contribution in [-0.2, 0) is 31.6 Å². The molecule has 19 heterocycles. The Hall–Kier alpha value is -7.96. The maximum absolute atomic E-state index is 10.4. The molecule has 3 N–H and O–H groups in total. The average Bonchev–Trinajstić information content (AvgIpc) is 1.62. The van der Waals surface area contributed by atoms with Crippen LogP contribution in [0.25, 0.3) is 22.6 Å². The van der Waals surface area contributed by atoms with Gasteiger partial charge in [0.1, 0.15) is 34.2 Å². The molecule has 0 aliphatic carbocycles. The van der Waals surface area contributed by atoms with Gasteiger partial charge in [-0.15, -0.1) is 0 Å². The number of fused-ring (bicyclic) bond motifs is 4. The zero-order chi connectivity index (χ0) is 79.0. The summed E-state index contributed by atoms with van der Waals surface area (Å²) in [7, 11) is 6.52. The van der Waals surface area contributed by atoms with E-state index in [1.54, 1.807) is 0 Å². The number of anilines is 2. The Kier molecular flexibility index (Phi) is 33.3. The van der Waals surface area contributed by atoms with Crippen LogP contribution in [0.3, 0.4) is 0 Å². The lowest BCUT2D eigenvalue weighted by molar-refractivity contribution is 0.233. The van der Waals surface area contributed by atoms with Crippen LogP contribution in [0.5, 0.6) is 0 Å². The summed E-state index contributed by atoms with van der Waals surface area (Å²) in [5.41, 5.74) is 19.1. The first kappa shape index (κ1) is 89.8. The van der Waals surface area contributed by atoms with E-state index in [4.69, 9.17) is 24.9 Å². The quantitative estimate of drug-likeness (QED) is 0.0687. The topological polar surface area (TPSA) is 191 Å². The molecule has 26 heteroatoms. The molecule has 12 aromatic heterocycles. The zero-order valence-corrected chi connectivity index (χ0v) is 72.2. The van der Waals surface area contributed by atoms with Crippen molar-refractivity contribution < 1.29 is 5.11 Å². The summed E-state index contributed by atoms with van der Waals surface area (Å²) < 4.78 is 10.6. The van der Waals surface area contributed by atoms with Gasteiger partial charge in [0.25, 0.3) is 0 Å². The summed E-state index contributed by atoms with van der Waals surface area (Å²) in [6.07, 6.45) is 23.6. The van der Waals surface area contributed by atoms with E-state index >= 15 is 0 Å². The number of likely N-dealkylation sites (N-methyl/N-ethyl adjacent to an activating group) is 3. The Labute approximate surface area is 719 Å². The first-order valence-electron chi connectivity index (χ1n) is 40.9. The van der Waals surface area contributed by atoms with E-state index in [0.717, 1.165) is 196 Å². The van der Waals surface area contributed by atoms with Crippen LogP contribution >= 0.6 is 47.8 Å². The Morgan fingerprint density at radius 1 is 0.402 bits per heavy atom. The zero-order valence-electron chi connectivity index (χ0n) is 67.4. The molecule has 7 aliphatic heterocycles. The molecule has 7 aliphatic rings. The van der Waals surface area contributed by atoms with Gasteiger partial charge < -0.3 is 40.2 Å². The molecule has 0 saturated carbocycles. The van der Waals surface area contributed by atoms with Crippen molar-refractivity contribution in [2.75, 3.05) is 136 Å². The minimum absolute atomic E-state index is 0. The highest BCUT2D eigenvalue weighted by atomic mass is 79.9. The lowest BCUT2D eigenvalue weighted by Gasteiger charge is -2.34. The van der Waals surface area contributed by atoms with Crippen molar-refractivity contribution in [1.82, 2.24) is 97.5 Å². The monoisotopic (exact) mass is 1780 g/mol. The molecule has 0 radical (unpaired) electrons. The summed E-state index contributed by atoms with van der Waals surface area (Å²) in [6.45, 7) is 28.6. The summed E-state index contributed by atoms with van der Waals surface area (Å²) in [5, 5.41) is 17.9. The second-order valence-corrected chi connectivity index (χ2v) is 33.5. The van der Waals surface area contributed by atoms with Crippen molar-refractivity contribution >= 4 is 82.0 Å². The summed E-state index contributed by atoms with van der Waals surface area (Å²) in [5.74, 6) is 2.39. The average molecular weight is 1780 g/mol. The molecule has 0 unspecified atom stereocenters. The number of imidazole rings is 4. The van der Waals surface area contributed by atoms with Gasteiger partial charge in [-0.3, -0.25) is 52.2 Å². The molecular formula is C91H125Br3N22O. The summed E-state index contributed by atoms with van der Waals surface area (Å²) in [4.78, 5) is 57.0. The number of likely N-dealkylation sites (tertiary alicyclic amines) is 3. The number of halogens is 3. The molecule has 7 saturated heterocycles. The van der Waals surface area contributed by atoms with Gasteiger partial charge in [-0.25, -0.2) is 19.9 Å². The number of aliphatic hydroxyl groups is 1. The van der Waals surface area contributed by atoms with Gasteiger partial charge in [0.2, 0.25) is 0 Å². The number of nitrogens with one attached hydrogen (secondary N) is 2. The molecule has 0 bridgehead atoms. The maximum atomic E-state index is 10.4. The van der Waals surface area contributed by atoms with Gasteiger partial charge in [0.05, 0.1) is 85.2 Å². The third-order valence-corrected chi connectivity index (χ3v) is 25.2. The van der Waals surface area contributed by atoms with Crippen molar-refractivity contribution in [2.45, 2.75) is 157 Å². The molecule has 0 spiro atoms.